The number of nitrogens with zero attached hydrogens (tertiary/aromatic N) is 4. The topological polar surface area (TPSA) is 24.3 Å². The van der Waals surface area contributed by atoms with Crippen LogP contribution in [0.15, 0.2) is 18.5 Å². The molecule has 1 aliphatic carbocycles. The normalized spacial score (nSPS) is 26.6. The van der Waals surface area contributed by atoms with Crippen LogP contribution in [0.2, 0.25) is 0 Å². The third kappa shape index (κ3) is 3.18. The molecule has 19 heavy (non-hydrogen) atoms. The van der Waals surface area contributed by atoms with E-state index in [2.05, 4.69) is 21.8 Å². The molecule has 1 aromatic heterocycles. The number of hydrogen-bond donors (Lipinski definition) is 0. The molecule has 1 saturated carbocycles. The summed E-state index contributed by atoms with van der Waals surface area (Å²) in [6.07, 6.45) is 8.31. The zero-order valence-electron chi connectivity index (χ0n) is 12.0. The Morgan fingerprint density at radius 2 is 2.16 bits per heavy atom. The second-order valence-electron chi connectivity index (χ2n) is 6.03. The minimum atomic E-state index is 0.912. The molecule has 106 valence electrons. The number of likely N-dealkylation sites (N-methyl/N-ethyl adjacent to an activating group) is 1. The summed E-state index contributed by atoms with van der Waals surface area (Å²) in [4.78, 5) is 5.28. The number of rotatable bonds is 7. The van der Waals surface area contributed by atoms with Crippen molar-refractivity contribution in [1.29, 1.82) is 0 Å². The molecular weight excluding hydrogens is 236 g/mol. The van der Waals surface area contributed by atoms with Crippen molar-refractivity contribution in [1.82, 2.24) is 19.6 Å². The molecule has 1 saturated heterocycles. The summed E-state index contributed by atoms with van der Waals surface area (Å²) in [5.41, 5.74) is 0. The molecule has 4 heteroatoms. The second kappa shape index (κ2) is 6.06. The molecule has 0 aromatic carbocycles. The van der Waals surface area contributed by atoms with E-state index < -0.39 is 0 Å². The summed E-state index contributed by atoms with van der Waals surface area (Å²) < 4.78 is 2.03. The Morgan fingerprint density at radius 3 is 2.79 bits per heavy atom. The number of fused-ring (bicyclic) bond motifs is 2. The van der Waals surface area contributed by atoms with Crippen molar-refractivity contribution in [3.63, 3.8) is 0 Å². The van der Waals surface area contributed by atoms with E-state index in [9.17, 15) is 0 Å². The van der Waals surface area contributed by atoms with Crippen molar-refractivity contribution in [3.05, 3.63) is 18.5 Å². The molecule has 0 amide bonds. The summed E-state index contributed by atoms with van der Waals surface area (Å²) in [7, 11) is 0. The molecule has 0 unspecified atom stereocenters. The fourth-order valence-electron chi connectivity index (χ4n) is 3.68. The van der Waals surface area contributed by atoms with Crippen LogP contribution >= 0.6 is 0 Å². The van der Waals surface area contributed by atoms with Crippen molar-refractivity contribution in [2.45, 2.75) is 38.8 Å². The smallest absolute Gasteiger partial charge is 0.0536 e. The number of aromatic nitrogens is 2. The van der Waals surface area contributed by atoms with Gasteiger partial charge in [0.25, 0.3) is 0 Å². The highest BCUT2D eigenvalue weighted by Gasteiger charge is 2.37. The monoisotopic (exact) mass is 262 g/mol. The predicted molar refractivity (Wildman–Crippen MR) is 77.0 cm³/mol. The molecule has 4 nitrogen and oxygen atoms in total. The molecule has 0 N–H and O–H groups in total. The fraction of sp³-hybridized carbons (Fsp3) is 0.800. The number of hydrogen-bond acceptors (Lipinski definition) is 3. The Bertz CT molecular complexity index is 376. The van der Waals surface area contributed by atoms with Gasteiger partial charge in [-0.25, -0.2) is 0 Å². The summed E-state index contributed by atoms with van der Waals surface area (Å²) in [6.45, 7) is 9.35. The summed E-state index contributed by atoms with van der Waals surface area (Å²) in [5.74, 6) is 1.02. The van der Waals surface area contributed by atoms with Crippen molar-refractivity contribution < 1.29 is 0 Å². The van der Waals surface area contributed by atoms with Crippen LogP contribution < -0.4 is 0 Å². The maximum atomic E-state index is 4.27. The Hall–Kier alpha value is -0.870. The molecule has 2 bridgehead atoms. The van der Waals surface area contributed by atoms with Crippen LogP contribution in [-0.4, -0.2) is 58.3 Å². The fourth-order valence-corrected chi connectivity index (χ4v) is 3.68. The molecule has 2 aliphatic rings. The quantitative estimate of drug-likeness (QED) is 0.747. The van der Waals surface area contributed by atoms with Gasteiger partial charge in [-0.3, -0.25) is 9.58 Å². The van der Waals surface area contributed by atoms with Gasteiger partial charge in [0.05, 0.1) is 6.54 Å². The minimum Gasteiger partial charge on any atom is -0.301 e. The Labute approximate surface area is 116 Å². The lowest BCUT2D eigenvalue weighted by atomic mass is 10.1. The lowest BCUT2D eigenvalue weighted by Gasteiger charge is -2.29. The maximum Gasteiger partial charge on any atom is 0.0536 e. The van der Waals surface area contributed by atoms with Gasteiger partial charge in [-0.1, -0.05) is 6.92 Å². The van der Waals surface area contributed by atoms with Gasteiger partial charge in [0.1, 0.15) is 0 Å². The zero-order chi connectivity index (χ0) is 13.1. The van der Waals surface area contributed by atoms with Gasteiger partial charge in [-0.15, -0.1) is 0 Å². The van der Waals surface area contributed by atoms with Gasteiger partial charge < -0.3 is 4.90 Å². The minimum absolute atomic E-state index is 0.912. The van der Waals surface area contributed by atoms with Gasteiger partial charge in [-0.2, -0.15) is 5.10 Å². The molecular formula is C15H26N4. The molecule has 0 radical (unpaired) electrons. The molecule has 1 aliphatic heterocycles. The van der Waals surface area contributed by atoms with Crippen LogP contribution in [0.5, 0.6) is 0 Å². The highest BCUT2D eigenvalue weighted by atomic mass is 15.3. The van der Waals surface area contributed by atoms with Crippen LogP contribution in [0.25, 0.3) is 0 Å². The van der Waals surface area contributed by atoms with E-state index in [1.807, 2.05) is 23.1 Å². The van der Waals surface area contributed by atoms with E-state index in [1.54, 1.807) is 0 Å². The van der Waals surface area contributed by atoms with E-state index >= 15 is 0 Å². The van der Waals surface area contributed by atoms with Gasteiger partial charge >= 0.3 is 0 Å². The van der Waals surface area contributed by atoms with Gasteiger partial charge in [0, 0.05) is 44.6 Å². The first-order valence-corrected chi connectivity index (χ1v) is 7.79. The molecule has 1 aromatic rings. The first kappa shape index (κ1) is 13.1. The van der Waals surface area contributed by atoms with Crippen molar-refractivity contribution in [2.75, 3.05) is 32.7 Å². The third-order valence-electron chi connectivity index (χ3n) is 4.88. The van der Waals surface area contributed by atoms with E-state index in [1.165, 1.54) is 38.9 Å². The maximum absolute atomic E-state index is 4.27. The van der Waals surface area contributed by atoms with Crippen LogP contribution in [0.4, 0.5) is 0 Å². The van der Waals surface area contributed by atoms with Crippen molar-refractivity contribution in [3.8, 4) is 0 Å². The largest absolute Gasteiger partial charge is 0.301 e. The number of likely N-dealkylation sites (tertiary alicyclic amines) is 1. The average molecular weight is 262 g/mol. The summed E-state index contributed by atoms with van der Waals surface area (Å²) in [6, 6.07) is 2.91. The average Bonchev–Trinajstić information content (AvgIpc) is 3.16. The van der Waals surface area contributed by atoms with Crippen LogP contribution in [0.1, 0.15) is 26.2 Å². The van der Waals surface area contributed by atoms with Crippen LogP contribution in [0.3, 0.4) is 0 Å². The Balaban J connectivity index is 1.40. The van der Waals surface area contributed by atoms with E-state index in [0.29, 0.717) is 0 Å². The van der Waals surface area contributed by atoms with Gasteiger partial charge in [-0.05, 0) is 37.8 Å². The Kier molecular flexibility index (Phi) is 4.18. The number of piperidine rings is 1. The van der Waals surface area contributed by atoms with E-state index in [0.717, 1.165) is 31.6 Å². The first-order chi connectivity index (χ1) is 9.35. The van der Waals surface area contributed by atoms with Gasteiger partial charge in [0.2, 0.25) is 0 Å². The highest BCUT2D eigenvalue weighted by Crippen LogP contribution is 2.36. The predicted octanol–water partition coefficient (Wildman–Crippen LogP) is 1.69. The molecule has 2 fully saturated rings. The third-order valence-corrected chi connectivity index (χ3v) is 4.88. The molecule has 2 atom stereocenters. The zero-order valence-corrected chi connectivity index (χ0v) is 12.0. The van der Waals surface area contributed by atoms with Gasteiger partial charge in [0.15, 0.2) is 0 Å². The summed E-state index contributed by atoms with van der Waals surface area (Å²) >= 11 is 0. The van der Waals surface area contributed by atoms with E-state index in [-0.39, 0.29) is 0 Å². The first-order valence-electron chi connectivity index (χ1n) is 7.79. The van der Waals surface area contributed by atoms with Crippen molar-refractivity contribution in [2.24, 2.45) is 5.92 Å². The summed E-state index contributed by atoms with van der Waals surface area (Å²) in [5, 5.41) is 4.27. The molecule has 2 heterocycles. The standard InChI is InChI=1S/C15H26N4/c1-2-17(9-11-19-7-3-6-16-19)8-10-18-13-14-4-5-15(18)12-14/h3,6-7,14-15H,2,4-5,8-13H2,1H3/t14-,15+/m0/s1. The van der Waals surface area contributed by atoms with Crippen LogP contribution in [0, 0.1) is 5.92 Å². The SMILES string of the molecule is CCN(CCN1C[C@H]2CC[C@@H]1C2)CCn1cccn1. The second-order valence-corrected chi connectivity index (χ2v) is 6.03. The highest BCUT2D eigenvalue weighted by molar-refractivity contribution is 4.92. The lowest BCUT2D eigenvalue weighted by molar-refractivity contribution is 0.171. The molecule has 0 spiro atoms. The van der Waals surface area contributed by atoms with E-state index in [4.69, 9.17) is 0 Å². The van der Waals surface area contributed by atoms with Crippen molar-refractivity contribution >= 4 is 0 Å². The van der Waals surface area contributed by atoms with Crippen LogP contribution in [-0.2, 0) is 6.54 Å². The lowest BCUT2D eigenvalue weighted by Crippen LogP contribution is -2.40. The molecule has 3 rings (SSSR count). The Morgan fingerprint density at radius 1 is 1.26 bits per heavy atom.